The molecule has 1 aromatic heterocycles. The van der Waals surface area contributed by atoms with Crippen molar-refractivity contribution in [2.45, 2.75) is 25.2 Å². The largest absolute Gasteiger partial charge is 0.347 e. The maximum atomic E-state index is 12.1. The van der Waals surface area contributed by atoms with Crippen molar-refractivity contribution in [3.63, 3.8) is 0 Å². The zero-order valence-corrected chi connectivity index (χ0v) is 10.2. The third-order valence-corrected chi connectivity index (χ3v) is 3.55. The topological polar surface area (TPSA) is 56.6 Å². The van der Waals surface area contributed by atoms with Crippen LogP contribution in [0.2, 0.25) is 0 Å². The highest BCUT2D eigenvalue weighted by Crippen LogP contribution is 2.31. The average molecular weight is 251 g/mol. The lowest BCUT2D eigenvalue weighted by atomic mass is 10.0. The lowest BCUT2D eigenvalue weighted by Gasteiger charge is -2.37. The van der Waals surface area contributed by atoms with Gasteiger partial charge in [-0.15, -0.1) is 0 Å². The molecule has 0 bridgehead atoms. The normalized spacial score (nSPS) is 22.6. The minimum absolute atomic E-state index is 0.103. The van der Waals surface area contributed by atoms with E-state index in [1.165, 1.54) is 0 Å². The van der Waals surface area contributed by atoms with Crippen molar-refractivity contribution in [3.8, 4) is 0 Å². The van der Waals surface area contributed by atoms with Crippen LogP contribution in [-0.2, 0) is 20.8 Å². The lowest BCUT2D eigenvalue weighted by Crippen LogP contribution is -2.48. The van der Waals surface area contributed by atoms with Crippen LogP contribution in [0.15, 0.2) is 18.5 Å². The minimum atomic E-state index is -0.414. The molecular formula is C12H17N3O3. The summed E-state index contributed by atoms with van der Waals surface area (Å²) in [7, 11) is 0. The second-order valence-corrected chi connectivity index (χ2v) is 4.69. The van der Waals surface area contributed by atoms with Gasteiger partial charge in [0.25, 0.3) is 0 Å². The van der Waals surface area contributed by atoms with Crippen LogP contribution in [0.25, 0.3) is 0 Å². The van der Waals surface area contributed by atoms with Gasteiger partial charge in [0.1, 0.15) is 6.54 Å². The Balaban J connectivity index is 1.54. The van der Waals surface area contributed by atoms with Gasteiger partial charge in [-0.05, 0) is 6.07 Å². The molecule has 3 heterocycles. The first-order valence-electron chi connectivity index (χ1n) is 6.31. The summed E-state index contributed by atoms with van der Waals surface area (Å²) in [5.41, 5.74) is 0. The molecule has 2 aliphatic rings. The summed E-state index contributed by atoms with van der Waals surface area (Å²) in [5, 5.41) is 4.04. The molecule has 0 atom stereocenters. The number of hydrogen-bond acceptors (Lipinski definition) is 4. The molecule has 2 fully saturated rings. The van der Waals surface area contributed by atoms with Crippen LogP contribution in [0.5, 0.6) is 0 Å². The summed E-state index contributed by atoms with van der Waals surface area (Å²) >= 11 is 0. The number of nitrogens with zero attached hydrogens (tertiary/aromatic N) is 3. The van der Waals surface area contributed by atoms with E-state index in [0.717, 1.165) is 12.8 Å². The Hall–Kier alpha value is -1.40. The fourth-order valence-corrected chi connectivity index (χ4v) is 2.52. The van der Waals surface area contributed by atoms with E-state index in [1.807, 2.05) is 11.0 Å². The fraction of sp³-hybridized carbons (Fsp3) is 0.667. The van der Waals surface area contributed by atoms with Crippen LogP contribution in [0, 0.1) is 0 Å². The SMILES string of the molecule is O=C(Cn1cccn1)N1CCC2(CC1)OCCO2. The summed E-state index contributed by atoms with van der Waals surface area (Å²) in [6.45, 7) is 3.03. The van der Waals surface area contributed by atoms with Crippen LogP contribution in [-0.4, -0.2) is 52.7 Å². The number of likely N-dealkylation sites (tertiary alicyclic amines) is 1. The maximum Gasteiger partial charge on any atom is 0.244 e. The number of ether oxygens (including phenoxy) is 2. The monoisotopic (exact) mass is 251 g/mol. The Morgan fingerprint density at radius 1 is 1.28 bits per heavy atom. The van der Waals surface area contributed by atoms with Gasteiger partial charge in [0.2, 0.25) is 5.91 Å². The zero-order valence-electron chi connectivity index (χ0n) is 10.2. The molecule has 2 aliphatic heterocycles. The highest BCUT2D eigenvalue weighted by atomic mass is 16.7. The zero-order chi connectivity index (χ0) is 12.4. The van der Waals surface area contributed by atoms with Gasteiger partial charge < -0.3 is 14.4 Å². The molecule has 1 spiro atoms. The van der Waals surface area contributed by atoms with E-state index in [-0.39, 0.29) is 5.91 Å². The van der Waals surface area contributed by atoms with E-state index >= 15 is 0 Å². The van der Waals surface area contributed by atoms with Crippen LogP contribution >= 0.6 is 0 Å². The first kappa shape index (κ1) is 11.7. The van der Waals surface area contributed by atoms with Crippen LogP contribution in [0.1, 0.15) is 12.8 Å². The Kier molecular flexibility index (Phi) is 3.05. The maximum absolute atomic E-state index is 12.1. The molecule has 0 unspecified atom stereocenters. The summed E-state index contributed by atoms with van der Waals surface area (Å²) in [5.74, 6) is -0.311. The lowest BCUT2D eigenvalue weighted by molar-refractivity contribution is -0.187. The smallest absolute Gasteiger partial charge is 0.244 e. The van der Waals surface area contributed by atoms with Crippen molar-refractivity contribution in [1.29, 1.82) is 0 Å². The van der Waals surface area contributed by atoms with Crippen molar-refractivity contribution in [2.24, 2.45) is 0 Å². The van der Waals surface area contributed by atoms with E-state index in [1.54, 1.807) is 17.1 Å². The Morgan fingerprint density at radius 3 is 2.61 bits per heavy atom. The molecule has 18 heavy (non-hydrogen) atoms. The standard InChI is InChI=1S/C12H17N3O3/c16-11(10-15-5-1-4-13-15)14-6-2-12(3-7-14)17-8-9-18-12/h1,4-5H,2-3,6-10H2. The fourth-order valence-electron chi connectivity index (χ4n) is 2.52. The predicted molar refractivity (Wildman–Crippen MR) is 62.7 cm³/mol. The first-order valence-corrected chi connectivity index (χ1v) is 6.31. The average Bonchev–Trinajstić information content (AvgIpc) is 3.03. The van der Waals surface area contributed by atoms with Gasteiger partial charge >= 0.3 is 0 Å². The highest BCUT2D eigenvalue weighted by molar-refractivity contribution is 5.76. The van der Waals surface area contributed by atoms with Gasteiger partial charge in [-0.2, -0.15) is 5.10 Å². The first-order chi connectivity index (χ1) is 8.77. The summed E-state index contributed by atoms with van der Waals surface area (Å²) in [6.07, 6.45) is 5.00. The third-order valence-electron chi connectivity index (χ3n) is 3.55. The van der Waals surface area contributed by atoms with Crippen molar-refractivity contribution in [2.75, 3.05) is 26.3 Å². The molecule has 0 aliphatic carbocycles. The summed E-state index contributed by atoms with van der Waals surface area (Å²) in [6, 6.07) is 1.82. The van der Waals surface area contributed by atoms with Gasteiger partial charge in [0.15, 0.2) is 5.79 Å². The van der Waals surface area contributed by atoms with Crippen molar-refractivity contribution >= 4 is 5.91 Å². The van der Waals surface area contributed by atoms with Crippen molar-refractivity contribution < 1.29 is 14.3 Å². The molecule has 3 rings (SSSR count). The second-order valence-electron chi connectivity index (χ2n) is 4.69. The number of carbonyl (C=O) groups excluding carboxylic acids is 1. The quantitative estimate of drug-likeness (QED) is 0.756. The molecular weight excluding hydrogens is 234 g/mol. The van der Waals surface area contributed by atoms with E-state index in [2.05, 4.69) is 5.10 Å². The predicted octanol–water partition coefficient (Wildman–Crippen LogP) is 0.249. The summed E-state index contributed by atoms with van der Waals surface area (Å²) < 4.78 is 12.9. The molecule has 2 saturated heterocycles. The van der Waals surface area contributed by atoms with Crippen LogP contribution < -0.4 is 0 Å². The van der Waals surface area contributed by atoms with Gasteiger partial charge in [-0.3, -0.25) is 9.48 Å². The van der Waals surface area contributed by atoms with Crippen LogP contribution in [0.4, 0.5) is 0 Å². The van der Waals surface area contributed by atoms with E-state index in [9.17, 15) is 4.79 Å². The molecule has 98 valence electrons. The van der Waals surface area contributed by atoms with E-state index < -0.39 is 5.79 Å². The van der Waals surface area contributed by atoms with Crippen molar-refractivity contribution in [1.82, 2.24) is 14.7 Å². The Morgan fingerprint density at radius 2 is 2.00 bits per heavy atom. The van der Waals surface area contributed by atoms with E-state index in [0.29, 0.717) is 32.8 Å². The van der Waals surface area contributed by atoms with Crippen molar-refractivity contribution in [3.05, 3.63) is 18.5 Å². The van der Waals surface area contributed by atoms with Gasteiger partial charge in [-0.1, -0.05) is 0 Å². The number of hydrogen-bond donors (Lipinski definition) is 0. The summed E-state index contributed by atoms with van der Waals surface area (Å²) in [4.78, 5) is 13.9. The molecule has 0 aromatic carbocycles. The number of amides is 1. The third kappa shape index (κ3) is 2.26. The second kappa shape index (κ2) is 4.70. The number of aromatic nitrogens is 2. The van der Waals surface area contributed by atoms with E-state index in [4.69, 9.17) is 9.47 Å². The Labute approximate surface area is 105 Å². The molecule has 6 heteroatoms. The molecule has 0 saturated carbocycles. The van der Waals surface area contributed by atoms with Gasteiger partial charge in [0.05, 0.1) is 13.2 Å². The number of piperidine rings is 1. The number of carbonyl (C=O) groups is 1. The van der Waals surface area contributed by atoms with Crippen LogP contribution in [0.3, 0.4) is 0 Å². The molecule has 0 N–H and O–H groups in total. The molecule has 6 nitrogen and oxygen atoms in total. The van der Waals surface area contributed by atoms with Gasteiger partial charge in [0, 0.05) is 38.3 Å². The van der Waals surface area contributed by atoms with Gasteiger partial charge in [-0.25, -0.2) is 0 Å². The highest BCUT2D eigenvalue weighted by Gasteiger charge is 2.40. The molecule has 1 aromatic rings. The molecule has 1 amide bonds. The number of rotatable bonds is 2. The Bertz CT molecular complexity index is 402. The minimum Gasteiger partial charge on any atom is -0.347 e. The molecule has 0 radical (unpaired) electrons.